The van der Waals surface area contributed by atoms with Gasteiger partial charge in [0.1, 0.15) is 17.9 Å². The summed E-state index contributed by atoms with van der Waals surface area (Å²) in [6.07, 6.45) is 4.23. The van der Waals surface area contributed by atoms with Crippen molar-refractivity contribution in [3.8, 4) is 0 Å². The zero-order valence-corrected chi connectivity index (χ0v) is 9.15. The van der Waals surface area contributed by atoms with Gasteiger partial charge in [0.2, 0.25) is 0 Å². The first-order valence-electron chi connectivity index (χ1n) is 4.80. The molecular weight excluding hydrogens is 242 g/mol. The number of imidazole rings is 1. The summed E-state index contributed by atoms with van der Waals surface area (Å²) in [5.41, 5.74) is 6.42. The van der Waals surface area contributed by atoms with Crippen molar-refractivity contribution in [1.82, 2.24) is 19.9 Å². The van der Waals surface area contributed by atoms with E-state index >= 15 is 0 Å². The lowest BCUT2D eigenvalue weighted by atomic mass is 10.2. The molecule has 0 aliphatic heterocycles. The Morgan fingerprint density at radius 3 is 2.61 bits per heavy atom. The van der Waals surface area contributed by atoms with Crippen LogP contribution in [0.15, 0.2) is 18.9 Å². The van der Waals surface area contributed by atoms with Gasteiger partial charge in [-0.3, -0.25) is 9.59 Å². The van der Waals surface area contributed by atoms with E-state index in [1.54, 1.807) is 12.5 Å². The molecule has 18 heavy (non-hydrogen) atoms. The van der Waals surface area contributed by atoms with Crippen molar-refractivity contribution in [2.45, 2.75) is 12.5 Å². The van der Waals surface area contributed by atoms with E-state index in [0.29, 0.717) is 5.65 Å². The molecule has 0 saturated heterocycles. The van der Waals surface area contributed by atoms with Crippen molar-refractivity contribution in [3.05, 3.63) is 18.9 Å². The zero-order valence-electron chi connectivity index (χ0n) is 9.15. The van der Waals surface area contributed by atoms with Crippen LogP contribution < -0.4 is 5.73 Å². The predicted octanol–water partition coefficient (Wildman–Crippen LogP) is -0.774. The third-order valence-electron chi connectivity index (χ3n) is 1.81. The molecule has 2 aromatic rings. The summed E-state index contributed by atoms with van der Waals surface area (Å²) in [6.45, 7) is 0. The lowest BCUT2D eigenvalue weighted by Gasteiger charge is -1.99. The second-order valence-corrected chi connectivity index (χ2v) is 3.21. The molecule has 0 aliphatic carbocycles. The largest absolute Gasteiger partial charge is 0.481 e. The molecular formula is C9H11N5O4. The summed E-state index contributed by atoms with van der Waals surface area (Å²) in [7, 11) is 0. The molecule has 0 aliphatic rings. The summed E-state index contributed by atoms with van der Waals surface area (Å²) in [6, 6.07) is -1.29. The molecule has 1 atom stereocenters. The molecule has 0 saturated carbocycles. The number of hydrogen-bond donors (Lipinski definition) is 4. The number of nitrogens with zero attached hydrogens (tertiary/aromatic N) is 3. The summed E-state index contributed by atoms with van der Waals surface area (Å²) in [5.74, 6) is -2.50. The van der Waals surface area contributed by atoms with Gasteiger partial charge < -0.3 is 20.9 Å². The second kappa shape index (κ2) is 6.25. The lowest BCUT2D eigenvalue weighted by molar-refractivity contribution is -0.144. The Morgan fingerprint density at radius 1 is 1.39 bits per heavy atom. The van der Waals surface area contributed by atoms with Crippen molar-refractivity contribution in [2.75, 3.05) is 0 Å². The van der Waals surface area contributed by atoms with Crippen molar-refractivity contribution in [1.29, 1.82) is 0 Å². The van der Waals surface area contributed by atoms with E-state index in [4.69, 9.17) is 15.9 Å². The fraction of sp³-hybridized carbons (Fsp3) is 0.222. The predicted molar refractivity (Wildman–Crippen MR) is 59.5 cm³/mol. The number of aromatic amines is 1. The quantitative estimate of drug-likeness (QED) is 0.555. The standard InChI is InChI=1S/C5H4N4.C4H7NO4/c1-4-5(8-2-6-1)9-3-7-4;5-2(4(8)9)1-3(6)7/h1-3H,(H,6,7,8,9);2H,1,5H2,(H,6,7)(H,8,9). The van der Waals surface area contributed by atoms with Gasteiger partial charge in [-0.15, -0.1) is 0 Å². The molecule has 2 rings (SSSR count). The number of H-pyrrole nitrogens is 1. The van der Waals surface area contributed by atoms with Gasteiger partial charge >= 0.3 is 11.9 Å². The monoisotopic (exact) mass is 253 g/mol. The number of aliphatic carboxylic acids is 2. The Morgan fingerprint density at radius 2 is 2.11 bits per heavy atom. The Kier molecular flexibility index (Phi) is 4.69. The van der Waals surface area contributed by atoms with Gasteiger partial charge in [0.05, 0.1) is 18.9 Å². The van der Waals surface area contributed by atoms with Crippen LogP contribution in [0.1, 0.15) is 6.42 Å². The molecule has 9 nitrogen and oxygen atoms in total. The minimum atomic E-state index is -1.29. The van der Waals surface area contributed by atoms with Crippen molar-refractivity contribution >= 4 is 23.1 Å². The van der Waals surface area contributed by atoms with Crippen LogP contribution in [0.5, 0.6) is 0 Å². The Labute approximate surface area is 101 Å². The molecule has 5 N–H and O–H groups in total. The van der Waals surface area contributed by atoms with Crippen LogP contribution in [0, 0.1) is 0 Å². The SMILES string of the molecule is NC(CC(=O)O)C(=O)O.c1ncc2[nH]cnc2n1. The maximum absolute atomic E-state index is 9.85. The third-order valence-corrected chi connectivity index (χ3v) is 1.81. The number of nitrogens with one attached hydrogen (secondary N) is 1. The molecule has 0 amide bonds. The summed E-state index contributed by atoms with van der Waals surface area (Å²) in [5, 5.41) is 16.0. The number of rotatable bonds is 3. The van der Waals surface area contributed by atoms with E-state index in [2.05, 4.69) is 19.9 Å². The minimum absolute atomic E-state index is 0.532. The second-order valence-electron chi connectivity index (χ2n) is 3.21. The highest BCUT2D eigenvalue weighted by molar-refractivity contribution is 5.80. The van der Waals surface area contributed by atoms with E-state index in [1.165, 1.54) is 6.33 Å². The highest BCUT2D eigenvalue weighted by Crippen LogP contribution is 1.99. The number of aromatic nitrogens is 4. The molecule has 9 heteroatoms. The first kappa shape index (κ1) is 13.5. The molecule has 0 radical (unpaired) electrons. The van der Waals surface area contributed by atoms with Gasteiger partial charge in [-0.2, -0.15) is 0 Å². The molecule has 0 fully saturated rings. The summed E-state index contributed by atoms with van der Waals surface area (Å²) in [4.78, 5) is 34.1. The molecule has 0 spiro atoms. The van der Waals surface area contributed by atoms with E-state index in [0.717, 1.165) is 5.52 Å². The van der Waals surface area contributed by atoms with E-state index in [9.17, 15) is 9.59 Å². The van der Waals surface area contributed by atoms with Crippen LogP contribution in [-0.4, -0.2) is 48.1 Å². The molecule has 2 aromatic heterocycles. The third kappa shape index (κ3) is 4.14. The number of carbonyl (C=O) groups is 2. The van der Waals surface area contributed by atoms with E-state index in [-0.39, 0.29) is 0 Å². The zero-order chi connectivity index (χ0) is 13.5. The first-order valence-corrected chi connectivity index (χ1v) is 4.80. The van der Waals surface area contributed by atoms with Gasteiger partial charge in [-0.05, 0) is 0 Å². The number of hydrogen-bond acceptors (Lipinski definition) is 6. The Bertz CT molecular complexity index is 510. The van der Waals surface area contributed by atoms with Gasteiger partial charge in [-0.25, -0.2) is 15.0 Å². The van der Waals surface area contributed by atoms with Gasteiger partial charge in [0.25, 0.3) is 0 Å². The van der Waals surface area contributed by atoms with Crippen LogP contribution in [0.3, 0.4) is 0 Å². The normalized spacial score (nSPS) is 11.4. The number of carboxylic acids is 2. The molecule has 0 bridgehead atoms. The average molecular weight is 253 g/mol. The number of fused-ring (bicyclic) bond motifs is 1. The van der Waals surface area contributed by atoms with Crippen molar-refractivity contribution in [2.24, 2.45) is 5.73 Å². The number of nitrogens with two attached hydrogens (primary N) is 1. The van der Waals surface area contributed by atoms with Gasteiger partial charge in [-0.1, -0.05) is 0 Å². The number of carboxylic acid groups (broad SMARTS) is 2. The Balaban J connectivity index is 0.000000180. The highest BCUT2D eigenvalue weighted by atomic mass is 16.4. The smallest absolute Gasteiger partial charge is 0.321 e. The van der Waals surface area contributed by atoms with Crippen LogP contribution in [0.4, 0.5) is 0 Å². The molecule has 2 heterocycles. The maximum atomic E-state index is 9.85. The van der Waals surface area contributed by atoms with Crippen LogP contribution >= 0.6 is 0 Å². The van der Waals surface area contributed by atoms with Crippen LogP contribution in [0.2, 0.25) is 0 Å². The van der Waals surface area contributed by atoms with E-state index in [1.807, 2.05) is 0 Å². The van der Waals surface area contributed by atoms with Gasteiger partial charge in [0, 0.05) is 0 Å². The molecule has 0 aromatic carbocycles. The Hall–Kier alpha value is -2.55. The van der Waals surface area contributed by atoms with Crippen molar-refractivity contribution < 1.29 is 19.8 Å². The lowest BCUT2D eigenvalue weighted by Crippen LogP contribution is -2.32. The van der Waals surface area contributed by atoms with Gasteiger partial charge in [0.15, 0.2) is 5.65 Å². The van der Waals surface area contributed by atoms with Crippen LogP contribution in [0.25, 0.3) is 11.2 Å². The fourth-order valence-electron chi connectivity index (χ4n) is 0.966. The fourth-order valence-corrected chi connectivity index (χ4v) is 0.966. The maximum Gasteiger partial charge on any atom is 0.321 e. The first-order chi connectivity index (χ1) is 8.50. The van der Waals surface area contributed by atoms with Crippen LogP contribution in [-0.2, 0) is 9.59 Å². The molecule has 1 unspecified atom stereocenters. The van der Waals surface area contributed by atoms with E-state index < -0.39 is 24.4 Å². The molecule has 96 valence electrons. The highest BCUT2D eigenvalue weighted by Gasteiger charge is 2.14. The summed E-state index contributed by atoms with van der Waals surface area (Å²) < 4.78 is 0. The summed E-state index contributed by atoms with van der Waals surface area (Å²) >= 11 is 0. The van der Waals surface area contributed by atoms with Crippen molar-refractivity contribution in [3.63, 3.8) is 0 Å². The topological polar surface area (TPSA) is 155 Å². The average Bonchev–Trinajstić information content (AvgIpc) is 2.76. The minimum Gasteiger partial charge on any atom is -0.481 e.